The van der Waals surface area contributed by atoms with Gasteiger partial charge in [0.15, 0.2) is 0 Å². The summed E-state index contributed by atoms with van der Waals surface area (Å²) in [6.07, 6.45) is 6.00. The Hall–Kier alpha value is 0.0800. The van der Waals surface area contributed by atoms with Gasteiger partial charge >= 0.3 is 29.6 Å². The standard InChI is InChI=1S/C3H3.C2H4O2.Na/c1-2-3-1;1-2(3)4;/h1-3H;1H3,(H,3,4);/q-1;;+1. The second-order valence-corrected chi connectivity index (χ2v) is 1.10. The van der Waals surface area contributed by atoms with Crippen molar-refractivity contribution in [1.82, 2.24) is 0 Å². The molecule has 0 amide bonds. The molecule has 1 rings (SSSR count). The number of carboxylic acids is 1. The van der Waals surface area contributed by atoms with E-state index in [4.69, 9.17) is 9.90 Å². The molecule has 0 aromatic heterocycles. The van der Waals surface area contributed by atoms with Gasteiger partial charge in [-0.25, -0.2) is 0 Å². The van der Waals surface area contributed by atoms with Gasteiger partial charge in [0.25, 0.3) is 5.97 Å². The first-order chi connectivity index (χ1) is 3.23. The van der Waals surface area contributed by atoms with Gasteiger partial charge in [0.2, 0.25) is 0 Å². The van der Waals surface area contributed by atoms with Gasteiger partial charge in [-0.3, -0.25) is 23.4 Å². The van der Waals surface area contributed by atoms with E-state index in [2.05, 4.69) is 0 Å². The second-order valence-electron chi connectivity index (χ2n) is 1.10. The van der Waals surface area contributed by atoms with Crippen molar-refractivity contribution in [2.24, 2.45) is 0 Å². The van der Waals surface area contributed by atoms with Gasteiger partial charge in [0.1, 0.15) is 0 Å². The Labute approximate surface area is 70.9 Å². The molecule has 0 aromatic carbocycles. The maximum absolute atomic E-state index is 9.00. The molecule has 0 unspecified atom stereocenters. The molecule has 1 N–H and O–H groups in total. The molecule has 0 aliphatic heterocycles. The van der Waals surface area contributed by atoms with E-state index in [0.717, 1.165) is 6.92 Å². The predicted molar refractivity (Wildman–Crippen MR) is 26.7 cm³/mol. The summed E-state index contributed by atoms with van der Waals surface area (Å²) in [5.74, 6) is -0.833. The number of rotatable bonds is 0. The summed E-state index contributed by atoms with van der Waals surface area (Å²) >= 11 is 0. The van der Waals surface area contributed by atoms with Crippen LogP contribution in [0.1, 0.15) is 6.92 Å². The second kappa shape index (κ2) is 7.08. The number of carboxylic acid groups (broad SMARTS) is 1. The zero-order valence-electron chi connectivity index (χ0n) is 5.09. The predicted octanol–water partition coefficient (Wildman–Crippen LogP) is -2.14. The third kappa shape index (κ3) is 135. The van der Waals surface area contributed by atoms with E-state index in [9.17, 15) is 0 Å². The van der Waals surface area contributed by atoms with Gasteiger partial charge in [-0.2, -0.15) is 0 Å². The molecule has 0 saturated carbocycles. The van der Waals surface area contributed by atoms with E-state index >= 15 is 0 Å². The first kappa shape index (κ1) is 11.0. The average Bonchev–Trinajstić information content (AvgIpc) is 2.02. The van der Waals surface area contributed by atoms with Crippen LogP contribution in [0.3, 0.4) is 0 Å². The zero-order valence-corrected chi connectivity index (χ0v) is 7.09. The molecule has 2 nitrogen and oxygen atoms in total. The first-order valence-electron chi connectivity index (χ1n) is 1.93. The van der Waals surface area contributed by atoms with Crippen molar-refractivity contribution >= 4 is 5.97 Å². The van der Waals surface area contributed by atoms with Gasteiger partial charge in [-0.05, 0) is 0 Å². The Kier molecular flexibility index (Phi) is 9.70. The average molecular weight is 122 g/mol. The number of allylic oxidation sites excluding steroid dienone is 2. The van der Waals surface area contributed by atoms with Crippen LogP contribution in [0.25, 0.3) is 0 Å². The van der Waals surface area contributed by atoms with Crippen molar-refractivity contribution in [3.05, 3.63) is 18.6 Å². The van der Waals surface area contributed by atoms with Gasteiger partial charge < -0.3 is 5.11 Å². The van der Waals surface area contributed by atoms with Crippen LogP contribution >= 0.6 is 0 Å². The van der Waals surface area contributed by atoms with Crippen molar-refractivity contribution in [2.75, 3.05) is 0 Å². The number of hydrogen-bond donors (Lipinski definition) is 1. The number of hydrogen-bond acceptors (Lipinski definition) is 1. The Balaban J connectivity index is 0. The maximum atomic E-state index is 9.00. The van der Waals surface area contributed by atoms with Crippen LogP contribution < -0.4 is 29.6 Å². The fraction of sp³-hybridized carbons (Fsp3) is 0.200. The zero-order chi connectivity index (χ0) is 5.70. The summed E-state index contributed by atoms with van der Waals surface area (Å²) in [6.45, 7) is 1.08. The fourth-order valence-electron chi connectivity index (χ4n) is 0. The molecule has 1 aliphatic rings. The van der Waals surface area contributed by atoms with E-state index in [1.54, 1.807) is 0 Å². The van der Waals surface area contributed by atoms with Crippen LogP contribution in [0.5, 0.6) is 0 Å². The third-order valence-electron chi connectivity index (χ3n) is 0.192. The van der Waals surface area contributed by atoms with Crippen LogP contribution in [0.2, 0.25) is 0 Å². The largest absolute Gasteiger partial charge is 1.00 e. The Morgan fingerprint density at radius 3 is 1.75 bits per heavy atom. The summed E-state index contributed by atoms with van der Waals surface area (Å²) in [4.78, 5) is 9.00. The first-order valence-corrected chi connectivity index (χ1v) is 1.93. The smallest absolute Gasteiger partial charge is 0.481 e. The Morgan fingerprint density at radius 1 is 1.62 bits per heavy atom. The van der Waals surface area contributed by atoms with Crippen molar-refractivity contribution in [3.8, 4) is 0 Å². The molecular formula is C5H7NaO2. The van der Waals surface area contributed by atoms with Crippen molar-refractivity contribution < 1.29 is 39.5 Å². The van der Waals surface area contributed by atoms with E-state index < -0.39 is 5.97 Å². The van der Waals surface area contributed by atoms with Crippen LogP contribution in [0.4, 0.5) is 0 Å². The fourth-order valence-corrected chi connectivity index (χ4v) is 0. The maximum Gasteiger partial charge on any atom is 1.00 e. The van der Waals surface area contributed by atoms with Crippen LogP contribution in [0, 0.1) is 6.42 Å². The van der Waals surface area contributed by atoms with Crippen molar-refractivity contribution in [2.45, 2.75) is 6.92 Å². The Bertz CT molecular complexity index is 80.4. The summed E-state index contributed by atoms with van der Waals surface area (Å²) < 4.78 is 0. The monoisotopic (exact) mass is 122 g/mol. The number of carbonyl (C=O) groups is 1. The minimum absolute atomic E-state index is 0. The molecule has 8 heavy (non-hydrogen) atoms. The molecular weight excluding hydrogens is 115 g/mol. The van der Waals surface area contributed by atoms with Crippen molar-refractivity contribution in [3.63, 3.8) is 0 Å². The summed E-state index contributed by atoms with van der Waals surface area (Å²) in [7, 11) is 0. The molecule has 0 bridgehead atoms. The van der Waals surface area contributed by atoms with E-state index in [0.29, 0.717) is 0 Å². The van der Waals surface area contributed by atoms with Crippen molar-refractivity contribution in [1.29, 1.82) is 0 Å². The van der Waals surface area contributed by atoms with E-state index in [-0.39, 0.29) is 29.6 Å². The summed E-state index contributed by atoms with van der Waals surface area (Å²) in [5.41, 5.74) is 0. The SMILES string of the molecule is C1=C[CH-]1.CC(=O)O.[Na+]. The molecule has 0 fully saturated rings. The third-order valence-corrected chi connectivity index (χ3v) is 0.192. The normalized spacial score (nSPS) is 9.12. The van der Waals surface area contributed by atoms with E-state index in [1.807, 2.05) is 18.6 Å². The molecule has 0 aromatic rings. The molecule has 1 aliphatic carbocycles. The van der Waals surface area contributed by atoms with Gasteiger partial charge in [-0.1, -0.05) is 0 Å². The van der Waals surface area contributed by atoms with Crippen LogP contribution in [-0.4, -0.2) is 11.1 Å². The topological polar surface area (TPSA) is 37.3 Å². The summed E-state index contributed by atoms with van der Waals surface area (Å²) in [5, 5.41) is 7.42. The van der Waals surface area contributed by atoms with E-state index in [1.165, 1.54) is 0 Å². The van der Waals surface area contributed by atoms with Gasteiger partial charge in [0, 0.05) is 6.92 Å². The van der Waals surface area contributed by atoms with Crippen LogP contribution in [-0.2, 0) is 4.79 Å². The van der Waals surface area contributed by atoms with Gasteiger partial charge in [0.05, 0.1) is 0 Å². The van der Waals surface area contributed by atoms with Crippen LogP contribution in [0.15, 0.2) is 12.2 Å². The summed E-state index contributed by atoms with van der Waals surface area (Å²) in [6, 6.07) is 0. The molecule has 0 atom stereocenters. The number of aliphatic carboxylic acids is 1. The molecule has 0 saturated heterocycles. The van der Waals surface area contributed by atoms with Gasteiger partial charge in [-0.15, -0.1) is 0 Å². The quantitative estimate of drug-likeness (QED) is 0.294. The molecule has 0 radical (unpaired) electrons. The minimum Gasteiger partial charge on any atom is -0.481 e. The minimum atomic E-state index is -0.833. The molecule has 0 heterocycles. The molecule has 40 valence electrons. The molecule has 0 spiro atoms. The Morgan fingerprint density at radius 2 is 1.75 bits per heavy atom. The molecule has 3 heteroatoms.